The molecule has 0 rings (SSSR count). The maximum absolute atomic E-state index is 11.2. The molecule has 3 heteroatoms. The van der Waals surface area contributed by atoms with E-state index in [1.807, 2.05) is 0 Å². The number of rotatable bonds is 6. The molecule has 0 radical (unpaired) electrons. The minimum Gasteiger partial charge on any atom is -0.464 e. The lowest BCUT2D eigenvalue weighted by atomic mass is 10.2. The van der Waals surface area contributed by atoms with Crippen molar-refractivity contribution in [2.24, 2.45) is 0 Å². The van der Waals surface area contributed by atoms with Crippen molar-refractivity contribution in [2.75, 3.05) is 13.2 Å². The largest absolute Gasteiger partial charge is 0.464 e. The second-order valence-electron chi connectivity index (χ2n) is 2.27. The normalized spacial score (nSPS) is 11.4. The van der Waals surface area contributed by atoms with Gasteiger partial charge in [0.2, 0.25) is 0 Å². The predicted molar refractivity (Wildman–Crippen MR) is 50.0 cm³/mol. The summed E-state index contributed by atoms with van der Waals surface area (Å²) in [5.41, 5.74) is 0. The molecule has 0 fully saturated rings. The Morgan fingerprint density at radius 1 is 1.77 bits per heavy atom. The number of ether oxygens (including phenoxy) is 2. The first-order valence-electron chi connectivity index (χ1n) is 4.08. The van der Waals surface area contributed by atoms with Gasteiger partial charge in [0.25, 0.3) is 0 Å². The molecule has 0 saturated carbocycles. The summed E-state index contributed by atoms with van der Waals surface area (Å²) in [4.78, 5) is 11.2. The van der Waals surface area contributed by atoms with Gasteiger partial charge in [0.1, 0.15) is 0 Å². The zero-order chi connectivity index (χ0) is 10.1. The monoisotopic (exact) mass is 182 g/mol. The average Bonchev–Trinajstić information content (AvgIpc) is 2.12. The third-order valence-corrected chi connectivity index (χ3v) is 1.27. The Morgan fingerprint density at radius 2 is 2.46 bits per heavy atom. The summed E-state index contributed by atoms with van der Waals surface area (Å²) in [5, 5.41) is 0. The van der Waals surface area contributed by atoms with Crippen molar-refractivity contribution >= 4 is 5.97 Å². The van der Waals surface area contributed by atoms with Crippen molar-refractivity contribution in [3.05, 3.63) is 12.7 Å². The summed E-state index contributed by atoms with van der Waals surface area (Å²) in [6.07, 6.45) is 6.19. The fourth-order valence-corrected chi connectivity index (χ4v) is 0.737. The smallest absolute Gasteiger partial charge is 0.336 e. The molecule has 72 valence electrons. The molecule has 0 aliphatic carbocycles. The van der Waals surface area contributed by atoms with E-state index in [4.69, 9.17) is 15.9 Å². The number of esters is 1. The van der Waals surface area contributed by atoms with Crippen LogP contribution >= 0.6 is 0 Å². The van der Waals surface area contributed by atoms with Crippen LogP contribution in [0.15, 0.2) is 12.7 Å². The van der Waals surface area contributed by atoms with Crippen LogP contribution in [-0.4, -0.2) is 25.3 Å². The first kappa shape index (κ1) is 11.7. The van der Waals surface area contributed by atoms with Crippen molar-refractivity contribution < 1.29 is 14.3 Å². The topological polar surface area (TPSA) is 35.5 Å². The fourth-order valence-electron chi connectivity index (χ4n) is 0.737. The molecule has 0 aromatic carbocycles. The third-order valence-electron chi connectivity index (χ3n) is 1.27. The van der Waals surface area contributed by atoms with Crippen LogP contribution in [0.2, 0.25) is 0 Å². The molecule has 13 heavy (non-hydrogen) atoms. The molecule has 1 unspecified atom stereocenters. The molecular weight excluding hydrogens is 168 g/mol. The quantitative estimate of drug-likeness (QED) is 0.351. The molecule has 0 aromatic rings. The highest BCUT2D eigenvalue weighted by Gasteiger charge is 2.18. The van der Waals surface area contributed by atoms with Crippen molar-refractivity contribution in [1.29, 1.82) is 0 Å². The molecule has 0 bridgehead atoms. The highest BCUT2D eigenvalue weighted by Crippen LogP contribution is 2.00. The molecular formula is C10H14O3. The van der Waals surface area contributed by atoms with Gasteiger partial charge in [0, 0.05) is 6.42 Å². The lowest BCUT2D eigenvalue weighted by molar-refractivity contribution is -0.155. The van der Waals surface area contributed by atoms with E-state index in [-0.39, 0.29) is 6.42 Å². The lowest BCUT2D eigenvalue weighted by Crippen LogP contribution is -2.26. The predicted octanol–water partition coefficient (Wildman–Crippen LogP) is 1.14. The first-order valence-corrected chi connectivity index (χ1v) is 4.08. The molecule has 0 N–H and O–H groups in total. The van der Waals surface area contributed by atoms with Crippen molar-refractivity contribution in [1.82, 2.24) is 0 Å². The Hall–Kier alpha value is -1.27. The summed E-state index contributed by atoms with van der Waals surface area (Å²) in [6, 6.07) is 0. The number of carbonyl (C=O) groups is 1. The number of carbonyl (C=O) groups excluding carboxylic acids is 1. The average molecular weight is 182 g/mol. The van der Waals surface area contributed by atoms with E-state index in [0.717, 1.165) is 0 Å². The van der Waals surface area contributed by atoms with Gasteiger partial charge in [-0.15, -0.1) is 18.9 Å². The molecule has 0 aromatic heterocycles. The molecule has 1 atom stereocenters. The Labute approximate surface area is 78.7 Å². The van der Waals surface area contributed by atoms with Gasteiger partial charge in [-0.3, -0.25) is 0 Å². The molecule has 0 spiro atoms. The zero-order valence-electron chi connectivity index (χ0n) is 7.79. The highest BCUT2D eigenvalue weighted by molar-refractivity contribution is 5.75. The van der Waals surface area contributed by atoms with Crippen LogP contribution in [0.1, 0.15) is 13.3 Å². The van der Waals surface area contributed by atoms with Gasteiger partial charge in [-0.2, -0.15) is 0 Å². The molecule has 0 heterocycles. The number of hydrogen-bond acceptors (Lipinski definition) is 3. The summed E-state index contributed by atoms with van der Waals surface area (Å²) >= 11 is 0. The van der Waals surface area contributed by atoms with Gasteiger partial charge < -0.3 is 9.47 Å². The molecule has 0 amide bonds. The Balaban J connectivity index is 3.99. The van der Waals surface area contributed by atoms with Crippen LogP contribution in [0.4, 0.5) is 0 Å². The maximum Gasteiger partial charge on any atom is 0.336 e. The SMILES string of the molecule is C#CCC(OCC=C)C(=O)OCC. The van der Waals surface area contributed by atoms with Gasteiger partial charge in [-0.05, 0) is 6.92 Å². The highest BCUT2D eigenvalue weighted by atomic mass is 16.6. The fraction of sp³-hybridized carbons (Fsp3) is 0.500. The Morgan fingerprint density at radius 3 is 2.92 bits per heavy atom. The van der Waals surface area contributed by atoms with Crippen molar-refractivity contribution in [3.8, 4) is 12.3 Å². The van der Waals surface area contributed by atoms with Crippen LogP contribution in [0.25, 0.3) is 0 Å². The summed E-state index contributed by atoms with van der Waals surface area (Å²) < 4.78 is 9.87. The van der Waals surface area contributed by atoms with Gasteiger partial charge in [0.05, 0.1) is 13.2 Å². The van der Waals surface area contributed by atoms with Gasteiger partial charge >= 0.3 is 5.97 Å². The zero-order valence-corrected chi connectivity index (χ0v) is 7.79. The van der Waals surface area contributed by atoms with E-state index in [1.165, 1.54) is 0 Å². The van der Waals surface area contributed by atoms with E-state index in [9.17, 15) is 4.79 Å². The lowest BCUT2D eigenvalue weighted by Gasteiger charge is -2.12. The van der Waals surface area contributed by atoms with E-state index < -0.39 is 12.1 Å². The molecule has 3 nitrogen and oxygen atoms in total. The van der Waals surface area contributed by atoms with Crippen molar-refractivity contribution in [2.45, 2.75) is 19.4 Å². The maximum atomic E-state index is 11.2. The summed E-state index contributed by atoms with van der Waals surface area (Å²) in [6.45, 7) is 5.83. The minimum atomic E-state index is -0.664. The molecule has 0 aliphatic heterocycles. The van der Waals surface area contributed by atoms with Crippen LogP contribution in [0.3, 0.4) is 0 Å². The van der Waals surface area contributed by atoms with E-state index in [2.05, 4.69) is 12.5 Å². The molecule has 0 aliphatic rings. The van der Waals surface area contributed by atoms with E-state index in [0.29, 0.717) is 13.2 Å². The molecule has 0 saturated heterocycles. The van der Waals surface area contributed by atoms with E-state index in [1.54, 1.807) is 13.0 Å². The second-order valence-corrected chi connectivity index (χ2v) is 2.27. The number of terminal acetylenes is 1. The van der Waals surface area contributed by atoms with Crippen LogP contribution in [0, 0.1) is 12.3 Å². The van der Waals surface area contributed by atoms with Crippen LogP contribution in [-0.2, 0) is 14.3 Å². The van der Waals surface area contributed by atoms with Crippen molar-refractivity contribution in [3.63, 3.8) is 0 Å². The van der Waals surface area contributed by atoms with Gasteiger partial charge in [-0.25, -0.2) is 4.79 Å². The van der Waals surface area contributed by atoms with Crippen LogP contribution in [0.5, 0.6) is 0 Å². The third kappa shape index (κ3) is 5.05. The number of hydrogen-bond donors (Lipinski definition) is 0. The van der Waals surface area contributed by atoms with Gasteiger partial charge in [0.15, 0.2) is 6.10 Å². The summed E-state index contributed by atoms with van der Waals surface area (Å²) in [7, 11) is 0. The van der Waals surface area contributed by atoms with Crippen LogP contribution < -0.4 is 0 Å². The second kappa shape index (κ2) is 7.38. The standard InChI is InChI=1S/C10H14O3/c1-4-7-9(13-8-5-2)10(11)12-6-3/h1,5,9H,2,6-8H2,3H3. The Kier molecular flexibility index (Phi) is 6.66. The summed E-state index contributed by atoms with van der Waals surface area (Å²) in [5.74, 6) is 1.94. The first-order chi connectivity index (χ1) is 6.26. The van der Waals surface area contributed by atoms with E-state index >= 15 is 0 Å². The van der Waals surface area contributed by atoms with Gasteiger partial charge in [-0.1, -0.05) is 6.08 Å². The Bertz CT molecular complexity index is 203. The minimum absolute atomic E-state index is 0.229.